The van der Waals surface area contributed by atoms with Crippen molar-refractivity contribution in [3.8, 4) is 0 Å². The number of aromatic nitrogens is 1. The lowest BCUT2D eigenvalue weighted by atomic mass is 10.1. The number of nitrogens with zero attached hydrogens (tertiary/aromatic N) is 1. The Kier molecular flexibility index (Phi) is 5.49. The molecule has 1 aliphatic carbocycles. The Morgan fingerprint density at radius 1 is 1.35 bits per heavy atom. The predicted octanol–water partition coefficient (Wildman–Crippen LogP) is 3.16. The average molecular weight is 331 g/mol. The summed E-state index contributed by atoms with van der Waals surface area (Å²) in [5.41, 5.74) is 2.56. The third kappa shape index (κ3) is 4.02. The van der Waals surface area contributed by atoms with E-state index in [1.165, 1.54) is 35.7 Å². The van der Waals surface area contributed by atoms with E-state index in [1.807, 2.05) is 18.8 Å². The summed E-state index contributed by atoms with van der Waals surface area (Å²) in [7, 11) is 1.85. The molecule has 0 aliphatic heterocycles. The Bertz CT molecular complexity index is 664. The third-order valence-electron chi connectivity index (χ3n) is 4.64. The van der Waals surface area contributed by atoms with Gasteiger partial charge < -0.3 is 15.6 Å². The summed E-state index contributed by atoms with van der Waals surface area (Å²) in [6, 6.07) is 9.02. The van der Waals surface area contributed by atoms with Gasteiger partial charge in [-0.15, -0.1) is 0 Å². The lowest BCUT2D eigenvalue weighted by molar-refractivity contribution is 0.615. The highest BCUT2D eigenvalue weighted by Gasteiger charge is 2.24. The average Bonchev–Trinajstić information content (AvgIpc) is 3.21. The highest BCUT2D eigenvalue weighted by molar-refractivity contribution is 7.99. The number of H-pyrrole nitrogens is 1. The lowest BCUT2D eigenvalue weighted by Crippen LogP contribution is -2.43. The molecule has 4 nitrogen and oxygen atoms in total. The molecule has 0 saturated heterocycles. The van der Waals surface area contributed by atoms with Crippen molar-refractivity contribution in [3.63, 3.8) is 0 Å². The van der Waals surface area contributed by atoms with E-state index in [2.05, 4.69) is 57.3 Å². The van der Waals surface area contributed by atoms with Gasteiger partial charge in [-0.05, 0) is 43.6 Å². The first kappa shape index (κ1) is 16.2. The quantitative estimate of drug-likeness (QED) is 0.583. The lowest BCUT2D eigenvalue weighted by Gasteiger charge is -2.17. The molecule has 0 radical (unpaired) electrons. The SMILES string of the molecule is CN=C(NCCc1c[nH]c2ccccc12)NC1CCC(SC)C1. The maximum Gasteiger partial charge on any atom is 0.191 e. The van der Waals surface area contributed by atoms with Crippen molar-refractivity contribution in [2.45, 2.75) is 37.0 Å². The fourth-order valence-electron chi connectivity index (χ4n) is 3.33. The number of rotatable bonds is 5. The summed E-state index contributed by atoms with van der Waals surface area (Å²) in [5.74, 6) is 0.927. The van der Waals surface area contributed by atoms with Gasteiger partial charge in [0.05, 0.1) is 0 Å². The summed E-state index contributed by atoms with van der Waals surface area (Å²) < 4.78 is 0. The molecule has 1 fully saturated rings. The molecule has 3 N–H and O–H groups in total. The maximum absolute atomic E-state index is 4.36. The van der Waals surface area contributed by atoms with E-state index in [-0.39, 0.29) is 0 Å². The van der Waals surface area contributed by atoms with E-state index >= 15 is 0 Å². The Morgan fingerprint density at radius 2 is 2.22 bits per heavy atom. The van der Waals surface area contributed by atoms with Crippen LogP contribution in [0.15, 0.2) is 35.5 Å². The second-order valence-corrected chi connectivity index (χ2v) is 7.26. The molecule has 124 valence electrons. The fourth-order valence-corrected chi connectivity index (χ4v) is 4.12. The zero-order chi connectivity index (χ0) is 16.1. The number of para-hydroxylation sites is 1. The number of benzene rings is 1. The van der Waals surface area contributed by atoms with Crippen LogP contribution < -0.4 is 10.6 Å². The van der Waals surface area contributed by atoms with Crippen molar-refractivity contribution < 1.29 is 0 Å². The van der Waals surface area contributed by atoms with Crippen LogP contribution in [0.4, 0.5) is 0 Å². The Balaban J connectivity index is 1.49. The predicted molar refractivity (Wildman–Crippen MR) is 101 cm³/mol. The van der Waals surface area contributed by atoms with Gasteiger partial charge in [0.1, 0.15) is 0 Å². The van der Waals surface area contributed by atoms with Crippen LogP contribution in [0.1, 0.15) is 24.8 Å². The van der Waals surface area contributed by atoms with E-state index < -0.39 is 0 Å². The molecule has 3 rings (SSSR count). The van der Waals surface area contributed by atoms with Crippen molar-refractivity contribution in [2.24, 2.45) is 4.99 Å². The van der Waals surface area contributed by atoms with Gasteiger partial charge in [0.15, 0.2) is 5.96 Å². The normalized spacial score (nSPS) is 21.7. The van der Waals surface area contributed by atoms with E-state index in [9.17, 15) is 0 Å². The molecule has 1 aromatic carbocycles. The number of guanidine groups is 1. The zero-order valence-electron chi connectivity index (χ0n) is 13.9. The molecule has 0 bridgehead atoms. The van der Waals surface area contributed by atoms with Crippen molar-refractivity contribution in [2.75, 3.05) is 19.8 Å². The van der Waals surface area contributed by atoms with E-state index in [0.29, 0.717) is 6.04 Å². The van der Waals surface area contributed by atoms with Gasteiger partial charge in [0, 0.05) is 42.0 Å². The highest BCUT2D eigenvalue weighted by atomic mass is 32.2. The molecular formula is C18H26N4S. The van der Waals surface area contributed by atoms with Crippen molar-refractivity contribution in [1.82, 2.24) is 15.6 Å². The first-order valence-electron chi connectivity index (χ1n) is 8.35. The Hall–Kier alpha value is -1.62. The number of fused-ring (bicyclic) bond motifs is 1. The van der Waals surface area contributed by atoms with Gasteiger partial charge in [0.2, 0.25) is 0 Å². The number of thioether (sulfide) groups is 1. The second-order valence-electron chi connectivity index (χ2n) is 6.12. The van der Waals surface area contributed by atoms with Crippen LogP contribution in [0, 0.1) is 0 Å². The molecule has 2 atom stereocenters. The topological polar surface area (TPSA) is 52.2 Å². The minimum atomic E-state index is 0.562. The number of nitrogens with one attached hydrogen (secondary N) is 3. The highest BCUT2D eigenvalue weighted by Crippen LogP contribution is 2.28. The largest absolute Gasteiger partial charge is 0.361 e. The molecule has 1 aliphatic rings. The number of aromatic amines is 1. The monoisotopic (exact) mass is 330 g/mol. The van der Waals surface area contributed by atoms with Crippen LogP contribution in [0.2, 0.25) is 0 Å². The Morgan fingerprint density at radius 3 is 3.00 bits per heavy atom. The van der Waals surface area contributed by atoms with Gasteiger partial charge in [-0.3, -0.25) is 4.99 Å². The molecule has 1 aromatic heterocycles. The summed E-state index contributed by atoms with van der Waals surface area (Å²) in [5, 5.41) is 9.13. The summed E-state index contributed by atoms with van der Waals surface area (Å²) in [6.45, 7) is 0.889. The minimum absolute atomic E-state index is 0.562. The van der Waals surface area contributed by atoms with E-state index in [1.54, 1.807) is 0 Å². The number of aliphatic imine (C=N–C) groups is 1. The van der Waals surface area contributed by atoms with Gasteiger partial charge in [-0.25, -0.2) is 0 Å². The molecule has 1 heterocycles. The van der Waals surface area contributed by atoms with Crippen LogP contribution in [-0.2, 0) is 6.42 Å². The first-order chi connectivity index (χ1) is 11.3. The zero-order valence-corrected chi connectivity index (χ0v) is 14.7. The van der Waals surface area contributed by atoms with Gasteiger partial charge in [0.25, 0.3) is 0 Å². The van der Waals surface area contributed by atoms with Gasteiger partial charge >= 0.3 is 0 Å². The summed E-state index contributed by atoms with van der Waals surface area (Å²) >= 11 is 1.98. The van der Waals surface area contributed by atoms with Crippen molar-refractivity contribution >= 4 is 28.6 Å². The second kappa shape index (κ2) is 7.77. The summed E-state index contributed by atoms with van der Waals surface area (Å²) in [4.78, 5) is 7.70. The van der Waals surface area contributed by atoms with Crippen molar-refractivity contribution in [1.29, 1.82) is 0 Å². The molecule has 2 aromatic rings. The van der Waals surface area contributed by atoms with Crippen LogP contribution in [0.25, 0.3) is 10.9 Å². The molecule has 0 amide bonds. The first-order valence-corrected chi connectivity index (χ1v) is 9.64. The van der Waals surface area contributed by atoms with E-state index in [4.69, 9.17) is 0 Å². The van der Waals surface area contributed by atoms with Crippen LogP contribution in [-0.4, -0.2) is 42.1 Å². The number of hydrogen-bond acceptors (Lipinski definition) is 2. The van der Waals surface area contributed by atoms with Crippen LogP contribution >= 0.6 is 11.8 Å². The number of hydrogen-bond donors (Lipinski definition) is 3. The summed E-state index contributed by atoms with van der Waals surface area (Å²) in [6.07, 6.45) is 9.11. The molecule has 1 saturated carbocycles. The van der Waals surface area contributed by atoms with Crippen LogP contribution in [0.5, 0.6) is 0 Å². The maximum atomic E-state index is 4.36. The van der Waals surface area contributed by atoms with Gasteiger partial charge in [-0.1, -0.05) is 18.2 Å². The van der Waals surface area contributed by atoms with E-state index in [0.717, 1.165) is 24.2 Å². The van der Waals surface area contributed by atoms with Gasteiger partial charge in [-0.2, -0.15) is 11.8 Å². The third-order valence-corrected chi connectivity index (χ3v) is 5.74. The molecule has 5 heteroatoms. The van der Waals surface area contributed by atoms with Crippen LogP contribution in [0.3, 0.4) is 0 Å². The molecular weight excluding hydrogens is 304 g/mol. The minimum Gasteiger partial charge on any atom is -0.361 e. The molecule has 2 unspecified atom stereocenters. The molecule has 23 heavy (non-hydrogen) atoms. The standard InChI is InChI=1S/C18H26N4S/c1-19-18(22-14-7-8-15(11-14)23-2)20-10-9-13-12-21-17-6-4-3-5-16(13)17/h3-6,12,14-15,21H,7-11H2,1-2H3,(H2,19,20,22). The Labute approximate surface area is 142 Å². The van der Waals surface area contributed by atoms with Crippen molar-refractivity contribution in [3.05, 3.63) is 36.0 Å². The fraction of sp³-hybridized carbons (Fsp3) is 0.500. The smallest absolute Gasteiger partial charge is 0.191 e. The molecule has 0 spiro atoms.